The fourth-order valence-electron chi connectivity index (χ4n) is 2.01. The molecule has 0 saturated carbocycles. The number of fused-ring (bicyclic) bond motifs is 1. The third-order valence-electron chi connectivity index (χ3n) is 2.84. The highest BCUT2D eigenvalue weighted by Crippen LogP contribution is 2.26. The van der Waals surface area contributed by atoms with E-state index in [2.05, 4.69) is 10.3 Å². The third-order valence-corrected chi connectivity index (χ3v) is 2.84. The zero-order valence-corrected chi connectivity index (χ0v) is 8.94. The van der Waals surface area contributed by atoms with E-state index >= 15 is 0 Å². The molecule has 1 fully saturated rings. The van der Waals surface area contributed by atoms with Gasteiger partial charge in [0.15, 0.2) is 6.23 Å². The molecule has 0 spiro atoms. The fourth-order valence-corrected chi connectivity index (χ4v) is 2.01. The van der Waals surface area contributed by atoms with Crippen LogP contribution in [0, 0.1) is 10.1 Å². The maximum absolute atomic E-state index is 10.6. The Labute approximate surface area is 96.1 Å². The summed E-state index contributed by atoms with van der Waals surface area (Å²) in [7, 11) is 0. The quantitative estimate of drug-likeness (QED) is 0.582. The minimum absolute atomic E-state index is 0.0249. The van der Waals surface area contributed by atoms with Gasteiger partial charge in [0, 0.05) is 18.7 Å². The monoisotopic (exact) mass is 234 g/mol. The Hall–Kier alpha value is -2.02. The van der Waals surface area contributed by atoms with Crippen molar-refractivity contribution in [2.75, 3.05) is 6.61 Å². The zero-order valence-electron chi connectivity index (χ0n) is 8.94. The molecule has 0 aliphatic carbocycles. The van der Waals surface area contributed by atoms with E-state index in [4.69, 9.17) is 4.74 Å². The molecule has 7 heteroatoms. The lowest BCUT2D eigenvalue weighted by molar-refractivity contribution is -0.384. The summed E-state index contributed by atoms with van der Waals surface area (Å²) in [6.45, 7) is 0.721. The van der Waals surface area contributed by atoms with Crippen molar-refractivity contribution in [2.45, 2.75) is 19.1 Å². The van der Waals surface area contributed by atoms with E-state index in [1.165, 1.54) is 12.1 Å². The van der Waals surface area contributed by atoms with E-state index < -0.39 is 4.92 Å². The summed E-state index contributed by atoms with van der Waals surface area (Å²) in [4.78, 5) is 10.2. The smallest absolute Gasteiger partial charge is 0.271 e. The number of non-ortho nitro benzene ring substituents is 1. The van der Waals surface area contributed by atoms with E-state index in [9.17, 15) is 10.1 Å². The molecule has 0 radical (unpaired) electrons. The molecule has 1 unspecified atom stereocenters. The summed E-state index contributed by atoms with van der Waals surface area (Å²) in [5.74, 6) is 0. The number of aromatic nitrogens is 3. The molecule has 88 valence electrons. The SMILES string of the molecule is O=[N+]([O-])c1ccc2c(c1)nnn2C1CCCO1. The summed E-state index contributed by atoms with van der Waals surface area (Å²) in [5.41, 5.74) is 1.31. The van der Waals surface area contributed by atoms with Crippen molar-refractivity contribution >= 4 is 16.7 Å². The summed E-state index contributed by atoms with van der Waals surface area (Å²) >= 11 is 0. The van der Waals surface area contributed by atoms with Crippen molar-refractivity contribution in [3.05, 3.63) is 28.3 Å². The second-order valence-corrected chi connectivity index (χ2v) is 3.93. The van der Waals surface area contributed by atoms with E-state index in [0.29, 0.717) is 5.52 Å². The predicted octanol–water partition coefficient (Wildman–Crippen LogP) is 1.65. The van der Waals surface area contributed by atoms with Gasteiger partial charge in [-0.15, -0.1) is 5.10 Å². The Morgan fingerprint density at radius 3 is 3.12 bits per heavy atom. The molecule has 17 heavy (non-hydrogen) atoms. The first-order chi connectivity index (χ1) is 8.25. The van der Waals surface area contributed by atoms with Crippen molar-refractivity contribution in [1.82, 2.24) is 15.0 Å². The average molecular weight is 234 g/mol. The number of rotatable bonds is 2. The molecule has 7 nitrogen and oxygen atoms in total. The lowest BCUT2D eigenvalue weighted by atomic mass is 10.2. The molecular formula is C10H10N4O3. The molecule has 3 rings (SSSR count). The average Bonchev–Trinajstić information content (AvgIpc) is 2.96. The van der Waals surface area contributed by atoms with Crippen LogP contribution in [0.1, 0.15) is 19.1 Å². The van der Waals surface area contributed by atoms with Crippen molar-refractivity contribution in [1.29, 1.82) is 0 Å². The van der Waals surface area contributed by atoms with Crippen LogP contribution in [0.4, 0.5) is 5.69 Å². The highest BCUT2D eigenvalue weighted by Gasteiger charge is 2.21. The van der Waals surface area contributed by atoms with Crippen LogP contribution in [-0.4, -0.2) is 26.5 Å². The van der Waals surface area contributed by atoms with Gasteiger partial charge in [-0.1, -0.05) is 5.21 Å². The first-order valence-electron chi connectivity index (χ1n) is 5.36. The normalized spacial score (nSPS) is 19.9. The van der Waals surface area contributed by atoms with Gasteiger partial charge < -0.3 is 4.74 Å². The Morgan fingerprint density at radius 1 is 1.53 bits per heavy atom. The van der Waals surface area contributed by atoms with Gasteiger partial charge in [0.05, 0.1) is 10.4 Å². The Kier molecular flexibility index (Phi) is 2.25. The van der Waals surface area contributed by atoms with Gasteiger partial charge in [0.1, 0.15) is 5.52 Å². The molecule has 1 aromatic heterocycles. The first-order valence-corrected chi connectivity index (χ1v) is 5.36. The molecular weight excluding hydrogens is 224 g/mol. The number of nitrogens with zero attached hydrogens (tertiary/aromatic N) is 4. The van der Waals surface area contributed by atoms with E-state index in [1.807, 2.05) is 0 Å². The van der Waals surface area contributed by atoms with Gasteiger partial charge >= 0.3 is 0 Å². The number of nitro benzene ring substituents is 1. The van der Waals surface area contributed by atoms with Gasteiger partial charge in [0.25, 0.3) is 5.69 Å². The van der Waals surface area contributed by atoms with Crippen LogP contribution in [0.2, 0.25) is 0 Å². The van der Waals surface area contributed by atoms with Crippen molar-refractivity contribution in [2.24, 2.45) is 0 Å². The Morgan fingerprint density at radius 2 is 2.41 bits per heavy atom. The molecule has 0 amide bonds. The second kappa shape index (κ2) is 3.77. The van der Waals surface area contributed by atoms with E-state index in [-0.39, 0.29) is 11.9 Å². The summed E-state index contributed by atoms with van der Waals surface area (Å²) in [5, 5.41) is 18.6. The van der Waals surface area contributed by atoms with Gasteiger partial charge in [-0.3, -0.25) is 10.1 Å². The van der Waals surface area contributed by atoms with E-state index in [0.717, 1.165) is 25.0 Å². The summed E-state index contributed by atoms with van der Waals surface area (Å²) in [6, 6.07) is 4.54. The molecule has 0 bridgehead atoms. The Bertz CT molecular complexity index is 574. The topological polar surface area (TPSA) is 83.1 Å². The van der Waals surface area contributed by atoms with Crippen LogP contribution in [0.25, 0.3) is 11.0 Å². The minimum atomic E-state index is -0.440. The number of hydrogen-bond acceptors (Lipinski definition) is 5. The summed E-state index contributed by atoms with van der Waals surface area (Å²) in [6.07, 6.45) is 1.80. The highest BCUT2D eigenvalue weighted by molar-refractivity contribution is 5.77. The minimum Gasteiger partial charge on any atom is -0.356 e. The van der Waals surface area contributed by atoms with Gasteiger partial charge in [0.2, 0.25) is 0 Å². The maximum Gasteiger partial charge on any atom is 0.271 e. The molecule has 1 atom stereocenters. The predicted molar refractivity (Wildman–Crippen MR) is 58.4 cm³/mol. The zero-order chi connectivity index (χ0) is 11.8. The van der Waals surface area contributed by atoms with Crippen molar-refractivity contribution in [3.8, 4) is 0 Å². The van der Waals surface area contributed by atoms with Crippen LogP contribution in [-0.2, 0) is 4.74 Å². The molecule has 1 aliphatic heterocycles. The second-order valence-electron chi connectivity index (χ2n) is 3.93. The number of hydrogen-bond donors (Lipinski definition) is 0. The summed E-state index contributed by atoms with van der Waals surface area (Å²) < 4.78 is 7.20. The number of benzene rings is 1. The van der Waals surface area contributed by atoms with Gasteiger partial charge in [-0.2, -0.15) is 0 Å². The van der Waals surface area contributed by atoms with Crippen LogP contribution in [0.5, 0.6) is 0 Å². The van der Waals surface area contributed by atoms with Gasteiger partial charge in [-0.25, -0.2) is 4.68 Å². The highest BCUT2D eigenvalue weighted by atomic mass is 16.6. The van der Waals surface area contributed by atoms with Crippen LogP contribution in [0.15, 0.2) is 18.2 Å². The van der Waals surface area contributed by atoms with Crippen LogP contribution < -0.4 is 0 Å². The van der Waals surface area contributed by atoms with Crippen LogP contribution in [0.3, 0.4) is 0 Å². The largest absolute Gasteiger partial charge is 0.356 e. The molecule has 1 saturated heterocycles. The lowest BCUT2D eigenvalue weighted by Crippen LogP contribution is -2.08. The first kappa shape index (κ1) is 10.2. The van der Waals surface area contributed by atoms with Crippen molar-refractivity contribution < 1.29 is 9.66 Å². The molecule has 2 aromatic rings. The van der Waals surface area contributed by atoms with Gasteiger partial charge in [-0.05, 0) is 18.9 Å². The lowest BCUT2D eigenvalue weighted by Gasteiger charge is -2.09. The molecule has 0 N–H and O–H groups in total. The van der Waals surface area contributed by atoms with Crippen molar-refractivity contribution in [3.63, 3.8) is 0 Å². The molecule has 1 aromatic carbocycles. The standard InChI is InChI=1S/C10H10N4O3/c15-14(16)7-3-4-9-8(6-7)11-12-13(9)10-2-1-5-17-10/h3-4,6,10H,1-2,5H2. The Balaban J connectivity index is 2.07. The van der Waals surface area contributed by atoms with E-state index in [1.54, 1.807) is 10.7 Å². The maximum atomic E-state index is 10.6. The number of nitro groups is 1. The third kappa shape index (κ3) is 1.64. The molecule has 2 heterocycles. The molecule has 1 aliphatic rings. The number of ether oxygens (including phenoxy) is 1. The van der Waals surface area contributed by atoms with Crippen LogP contribution >= 0.6 is 0 Å². The fraction of sp³-hybridized carbons (Fsp3) is 0.400.